The highest BCUT2D eigenvalue weighted by Crippen LogP contribution is 2.25. The maximum atomic E-state index is 13.0. The predicted molar refractivity (Wildman–Crippen MR) is 45.5 cm³/mol. The van der Waals surface area contributed by atoms with Gasteiger partial charge in [-0.25, -0.2) is 4.39 Å². The number of hydrogen-bond donors (Lipinski definition) is 0. The Morgan fingerprint density at radius 3 is 2.42 bits per heavy atom. The Morgan fingerprint density at radius 1 is 1.58 bits per heavy atom. The van der Waals surface area contributed by atoms with Crippen molar-refractivity contribution in [3.8, 4) is 0 Å². The number of amides is 1. The number of nitrogens with zero attached hydrogens (tertiary/aromatic N) is 1. The Morgan fingerprint density at radius 2 is 2.08 bits per heavy atom. The summed E-state index contributed by atoms with van der Waals surface area (Å²) in [4.78, 5) is 12.9. The Balaban J connectivity index is 2.29. The molecule has 0 saturated carbocycles. The minimum Gasteiger partial charge on any atom is -0.336 e. The summed E-state index contributed by atoms with van der Waals surface area (Å²) in [5, 5.41) is 0. The highest BCUT2D eigenvalue weighted by atomic mass is 19.1. The lowest BCUT2D eigenvalue weighted by molar-refractivity contribution is -0.144. The van der Waals surface area contributed by atoms with Crippen LogP contribution in [0.3, 0.4) is 0 Å². The van der Waals surface area contributed by atoms with Gasteiger partial charge in [-0.1, -0.05) is 13.8 Å². The van der Waals surface area contributed by atoms with Gasteiger partial charge in [-0.2, -0.15) is 0 Å². The van der Waals surface area contributed by atoms with Crippen molar-refractivity contribution < 1.29 is 9.18 Å². The molecular weight excluding hydrogens is 157 g/mol. The van der Waals surface area contributed by atoms with Crippen molar-refractivity contribution in [1.29, 1.82) is 0 Å². The number of carbonyl (C=O) groups excluding carboxylic acids is 1. The Labute approximate surface area is 72.7 Å². The molecule has 0 unspecified atom stereocenters. The fourth-order valence-corrected chi connectivity index (χ4v) is 1.40. The van der Waals surface area contributed by atoms with Crippen molar-refractivity contribution in [1.82, 2.24) is 4.90 Å². The zero-order chi connectivity index (χ0) is 9.35. The summed E-state index contributed by atoms with van der Waals surface area (Å²) in [5.74, 6) is 0.448. The van der Waals surface area contributed by atoms with E-state index in [1.807, 2.05) is 13.8 Å². The van der Waals surface area contributed by atoms with Crippen molar-refractivity contribution in [2.45, 2.75) is 32.9 Å². The van der Waals surface area contributed by atoms with Crippen LogP contribution >= 0.6 is 0 Å². The van der Waals surface area contributed by atoms with Crippen LogP contribution in [0.4, 0.5) is 4.39 Å². The van der Waals surface area contributed by atoms with Gasteiger partial charge in [0.25, 0.3) is 0 Å². The van der Waals surface area contributed by atoms with E-state index in [4.69, 9.17) is 0 Å². The molecular formula is C9H16FNO. The molecule has 2 nitrogen and oxygen atoms in total. The van der Waals surface area contributed by atoms with E-state index in [0.29, 0.717) is 12.3 Å². The molecule has 3 heteroatoms. The number of halogens is 1. The smallest absolute Gasteiger partial charge is 0.223 e. The Hall–Kier alpha value is -0.600. The first-order valence-electron chi connectivity index (χ1n) is 4.37. The molecule has 0 N–H and O–H groups in total. The van der Waals surface area contributed by atoms with Crippen LogP contribution < -0.4 is 0 Å². The summed E-state index contributed by atoms with van der Waals surface area (Å²) in [7, 11) is 0. The minimum absolute atomic E-state index is 0.0834. The Kier molecular flexibility index (Phi) is 2.40. The zero-order valence-electron chi connectivity index (χ0n) is 7.93. The molecule has 0 aromatic rings. The van der Waals surface area contributed by atoms with E-state index in [9.17, 15) is 9.18 Å². The van der Waals surface area contributed by atoms with Crippen LogP contribution in [-0.4, -0.2) is 29.6 Å². The topological polar surface area (TPSA) is 20.3 Å². The van der Waals surface area contributed by atoms with E-state index in [2.05, 4.69) is 0 Å². The molecule has 0 spiro atoms. The molecule has 1 heterocycles. The molecule has 1 rings (SSSR count). The number of rotatable bonds is 2. The highest BCUT2D eigenvalue weighted by molar-refractivity contribution is 5.77. The fourth-order valence-electron chi connectivity index (χ4n) is 1.40. The third-order valence-corrected chi connectivity index (χ3v) is 1.98. The third kappa shape index (κ3) is 2.19. The van der Waals surface area contributed by atoms with Gasteiger partial charge < -0.3 is 4.90 Å². The second-order valence-electron chi connectivity index (χ2n) is 4.26. The van der Waals surface area contributed by atoms with Crippen LogP contribution in [0.25, 0.3) is 0 Å². The lowest BCUT2D eigenvalue weighted by Gasteiger charge is -2.42. The second kappa shape index (κ2) is 3.04. The van der Waals surface area contributed by atoms with Crippen molar-refractivity contribution in [3.63, 3.8) is 0 Å². The van der Waals surface area contributed by atoms with Gasteiger partial charge >= 0.3 is 0 Å². The molecule has 1 fully saturated rings. The number of alkyl halides is 1. The summed E-state index contributed by atoms with van der Waals surface area (Å²) in [6.45, 7) is 6.07. The molecule has 0 atom stereocenters. The van der Waals surface area contributed by atoms with E-state index >= 15 is 0 Å². The van der Waals surface area contributed by atoms with E-state index in [0.717, 1.165) is 0 Å². The molecule has 1 amide bonds. The van der Waals surface area contributed by atoms with Crippen LogP contribution in [0.2, 0.25) is 0 Å². The second-order valence-corrected chi connectivity index (χ2v) is 4.26. The summed E-state index contributed by atoms with van der Waals surface area (Å²) >= 11 is 0. The monoisotopic (exact) mass is 173 g/mol. The first kappa shape index (κ1) is 9.49. The first-order valence-corrected chi connectivity index (χ1v) is 4.37. The summed E-state index contributed by atoms with van der Waals surface area (Å²) < 4.78 is 13.0. The summed E-state index contributed by atoms with van der Waals surface area (Å²) in [6, 6.07) is 0. The van der Waals surface area contributed by atoms with Crippen LogP contribution in [0.1, 0.15) is 27.2 Å². The minimum atomic E-state index is -1.13. The van der Waals surface area contributed by atoms with Crippen molar-refractivity contribution in [2.75, 3.05) is 13.1 Å². The molecule has 0 radical (unpaired) electrons. The average Bonchev–Trinajstić information content (AvgIpc) is 1.80. The van der Waals surface area contributed by atoms with Gasteiger partial charge in [0, 0.05) is 6.42 Å². The molecule has 1 saturated heterocycles. The number of hydrogen-bond acceptors (Lipinski definition) is 1. The van der Waals surface area contributed by atoms with Gasteiger partial charge in [0.05, 0.1) is 13.1 Å². The van der Waals surface area contributed by atoms with Gasteiger partial charge in [-0.3, -0.25) is 4.79 Å². The third-order valence-electron chi connectivity index (χ3n) is 1.98. The van der Waals surface area contributed by atoms with E-state index in [1.54, 1.807) is 4.90 Å². The zero-order valence-corrected chi connectivity index (χ0v) is 7.93. The maximum absolute atomic E-state index is 13.0. The highest BCUT2D eigenvalue weighted by Gasteiger charge is 2.41. The van der Waals surface area contributed by atoms with Crippen LogP contribution in [0, 0.1) is 5.92 Å². The molecule has 12 heavy (non-hydrogen) atoms. The van der Waals surface area contributed by atoms with Gasteiger partial charge in [0.1, 0.15) is 5.67 Å². The van der Waals surface area contributed by atoms with E-state index in [1.165, 1.54) is 6.92 Å². The summed E-state index contributed by atoms with van der Waals surface area (Å²) in [6.07, 6.45) is 0.538. The van der Waals surface area contributed by atoms with E-state index < -0.39 is 5.67 Å². The summed E-state index contributed by atoms with van der Waals surface area (Å²) in [5.41, 5.74) is -1.13. The van der Waals surface area contributed by atoms with Crippen LogP contribution in [0.5, 0.6) is 0 Å². The molecule has 70 valence electrons. The maximum Gasteiger partial charge on any atom is 0.223 e. The van der Waals surface area contributed by atoms with Crippen molar-refractivity contribution in [3.05, 3.63) is 0 Å². The predicted octanol–water partition coefficient (Wildman–Crippen LogP) is 1.60. The lowest BCUT2D eigenvalue weighted by Crippen LogP contribution is -2.59. The van der Waals surface area contributed by atoms with E-state index in [-0.39, 0.29) is 19.0 Å². The van der Waals surface area contributed by atoms with Gasteiger partial charge in [-0.05, 0) is 12.8 Å². The SMILES string of the molecule is CC(C)CC(=O)N1CC(C)(F)C1. The standard InChI is InChI=1S/C9H16FNO/c1-7(2)4-8(12)11-5-9(3,10)6-11/h7H,4-6H2,1-3H3. The fraction of sp³-hybridized carbons (Fsp3) is 0.889. The quantitative estimate of drug-likeness (QED) is 0.621. The van der Waals surface area contributed by atoms with Gasteiger partial charge in [0.15, 0.2) is 0 Å². The molecule has 1 aliphatic heterocycles. The molecule has 0 aromatic heterocycles. The van der Waals surface area contributed by atoms with Crippen molar-refractivity contribution in [2.24, 2.45) is 5.92 Å². The normalized spacial score (nSPS) is 20.9. The van der Waals surface area contributed by atoms with Crippen LogP contribution in [-0.2, 0) is 4.79 Å². The Bertz CT molecular complexity index is 181. The number of carbonyl (C=O) groups is 1. The molecule has 0 aliphatic carbocycles. The number of likely N-dealkylation sites (tertiary alicyclic amines) is 1. The van der Waals surface area contributed by atoms with Gasteiger partial charge in [-0.15, -0.1) is 0 Å². The van der Waals surface area contributed by atoms with Crippen molar-refractivity contribution >= 4 is 5.91 Å². The average molecular weight is 173 g/mol. The largest absolute Gasteiger partial charge is 0.336 e. The lowest BCUT2D eigenvalue weighted by atomic mass is 9.97. The van der Waals surface area contributed by atoms with Gasteiger partial charge in [0.2, 0.25) is 5.91 Å². The molecule has 0 bridgehead atoms. The first-order chi connectivity index (χ1) is 5.41. The van der Waals surface area contributed by atoms with Crippen LogP contribution in [0.15, 0.2) is 0 Å². The molecule has 0 aromatic carbocycles. The molecule has 1 aliphatic rings.